The maximum atomic E-state index is 10.7. The van der Waals surface area contributed by atoms with Crippen molar-refractivity contribution in [1.82, 2.24) is 9.78 Å². The summed E-state index contributed by atoms with van der Waals surface area (Å²) < 4.78 is 1.79. The van der Waals surface area contributed by atoms with Gasteiger partial charge in [-0.1, -0.05) is 26.2 Å². The Labute approximate surface area is 115 Å². The Bertz CT molecular complexity index is 462. The van der Waals surface area contributed by atoms with Gasteiger partial charge in [0.05, 0.1) is 17.2 Å². The minimum absolute atomic E-state index is 0.557. The van der Waals surface area contributed by atoms with E-state index in [9.17, 15) is 10.4 Å². The normalized spacial score (nSPS) is 28.8. The van der Waals surface area contributed by atoms with E-state index in [1.807, 2.05) is 13.0 Å². The molecule has 1 aromatic heterocycles. The largest absolute Gasteiger partial charge is 0.385 e. The lowest BCUT2D eigenvalue weighted by Gasteiger charge is -2.38. The van der Waals surface area contributed by atoms with E-state index >= 15 is 0 Å². The third-order valence-electron chi connectivity index (χ3n) is 4.54. The molecule has 0 bridgehead atoms. The Balaban J connectivity index is 2.28. The van der Waals surface area contributed by atoms with Crippen molar-refractivity contribution < 1.29 is 5.11 Å². The highest BCUT2D eigenvalue weighted by atomic mass is 16.3. The fraction of sp³-hybridized carbons (Fsp3) is 0.733. The van der Waals surface area contributed by atoms with Gasteiger partial charge in [0.15, 0.2) is 0 Å². The molecule has 2 rings (SSSR count). The van der Waals surface area contributed by atoms with Crippen LogP contribution in [0.3, 0.4) is 0 Å². The van der Waals surface area contributed by atoms with Gasteiger partial charge in [-0.05, 0) is 31.7 Å². The zero-order chi connectivity index (χ0) is 13.9. The fourth-order valence-corrected chi connectivity index (χ4v) is 3.31. The van der Waals surface area contributed by atoms with Crippen LogP contribution in [-0.2, 0) is 6.54 Å². The summed E-state index contributed by atoms with van der Waals surface area (Å²) in [7, 11) is 0. The molecule has 4 nitrogen and oxygen atoms in total. The Morgan fingerprint density at radius 2 is 2.42 bits per heavy atom. The number of hydrogen-bond acceptors (Lipinski definition) is 3. The van der Waals surface area contributed by atoms with Crippen LogP contribution in [0.25, 0.3) is 0 Å². The van der Waals surface area contributed by atoms with Crippen molar-refractivity contribution in [2.75, 3.05) is 0 Å². The molecule has 0 radical (unpaired) electrons. The molecule has 1 aromatic rings. The quantitative estimate of drug-likeness (QED) is 0.906. The highest BCUT2D eigenvalue weighted by Gasteiger charge is 2.44. The standard InChI is InChI=1S/C15H23N3O/c1-3-12-6-5-8-15(10-12,11-16)14(19)13-7-9-17-18(13)4-2/h7,9,12,14,19H,3-6,8,10H2,1-2H3. The average molecular weight is 261 g/mol. The first-order chi connectivity index (χ1) is 9.16. The maximum Gasteiger partial charge on any atom is 0.114 e. The van der Waals surface area contributed by atoms with Gasteiger partial charge in [0.25, 0.3) is 0 Å². The second-order valence-electron chi connectivity index (χ2n) is 5.61. The number of hydrogen-bond donors (Lipinski definition) is 1. The molecule has 0 aromatic carbocycles. The van der Waals surface area contributed by atoms with Gasteiger partial charge in [0.2, 0.25) is 0 Å². The van der Waals surface area contributed by atoms with E-state index in [1.54, 1.807) is 10.9 Å². The Kier molecular flexibility index (Phi) is 4.26. The van der Waals surface area contributed by atoms with Crippen molar-refractivity contribution >= 4 is 0 Å². The number of rotatable bonds is 4. The molecule has 0 amide bonds. The predicted octanol–water partition coefficient (Wildman–Crippen LogP) is 3.05. The molecule has 3 atom stereocenters. The minimum atomic E-state index is -0.728. The molecule has 104 valence electrons. The molecule has 1 heterocycles. The van der Waals surface area contributed by atoms with Crippen LogP contribution in [0.5, 0.6) is 0 Å². The lowest BCUT2D eigenvalue weighted by atomic mass is 9.66. The van der Waals surface area contributed by atoms with Crippen LogP contribution in [0.2, 0.25) is 0 Å². The highest BCUT2D eigenvalue weighted by molar-refractivity contribution is 5.16. The van der Waals surface area contributed by atoms with Gasteiger partial charge in [-0.2, -0.15) is 10.4 Å². The van der Waals surface area contributed by atoms with Crippen LogP contribution in [0, 0.1) is 22.7 Å². The predicted molar refractivity (Wildman–Crippen MR) is 73.2 cm³/mol. The Morgan fingerprint density at radius 1 is 1.63 bits per heavy atom. The zero-order valence-corrected chi connectivity index (χ0v) is 11.8. The van der Waals surface area contributed by atoms with Crippen molar-refractivity contribution in [2.24, 2.45) is 11.3 Å². The van der Waals surface area contributed by atoms with Crippen LogP contribution in [-0.4, -0.2) is 14.9 Å². The van der Waals surface area contributed by atoms with Crippen LogP contribution in [0.4, 0.5) is 0 Å². The topological polar surface area (TPSA) is 61.8 Å². The maximum absolute atomic E-state index is 10.7. The highest BCUT2D eigenvalue weighted by Crippen LogP contribution is 2.48. The van der Waals surface area contributed by atoms with Gasteiger partial charge in [0.1, 0.15) is 6.10 Å². The number of nitrogens with zero attached hydrogens (tertiary/aromatic N) is 3. The average Bonchev–Trinajstić information content (AvgIpc) is 2.94. The first-order valence-corrected chi connectivity index (χ1v) is 7.28. The summed E-state index contributed by atoms with van der Waals surface area (Å²) in [6, 6.07) is 4.27. The van der Waals surface area contributed by atoms with Gasteiger partial charge in [-0.15, -0.1) is 0 Å². The molecule has 0 aliphatic heterocycles. The summed E-state index contributed by atoms with van der Waals surface area (Å²) in [5.74, 6) is 0.557. The van der Waals surface area contributed by atoms with Crippen LogP contribution >= 0.6 is 0 Å². The summed E-state index contributed by atoms with van der Waals surface area (Å²) in [6.07, 6.45) is 5.86. The monoisotopic (exact) mass is 261 g/mol. The van der Waals surface area contributed by atoms with E-state index in [4.69, 9.17) is 0 Å². The number of aryl methyl sites for hydroxylation is 1. The minimum Gasteiger partial charge on any atom is -0.385 e. The van der Waals surface area contributed by atoms with Gasteiger partial charge < -0.3 is 5.11 Å². The van der Waals surface area contributed by atoms with Crippen molar-refractivity contribution in [3.05, 3.63) is 18.0 Å². The summed E-state index contributed by atoms with van der Waals surface area (Å²) in [6.45, 7) is 4.89. The molecule has 1 saturated carbocycles. The van der Waals surface area contributed by atoms with E-state index in [1.165, 1.54) is 6.42 Å². The Morgan fingerprint density at radius 3 is 3.05 bits per heavy atom. The first-order valence-electron chi connectivity index (χ1n) is 7.28. The van der Waals surface area contributed by atoms with Gasteiger partial charge >= 0.3 is 0 Å². The number of aromatic nitrogens is 2. The van der Waals surface area contributed by atoms with E-state index in [-0.39, 0.29) is 0 Å². The lowest BCUT2D eigenvalue weighted by Crippen LogP contribution is -2.34. The molecule has 1 fully saturated rings. The van der Waals surface area contributed by atoms with Crippen molar-refractivity contribution in [2.45, 2.75) is 58.6 Å². The third kappa shape index (κ3) is 2.52. The van der Waals surface area contributed by atoms with E-state index in [2.05, 4.69) is 18.1 Å². The fourth-order valence-electron chi connectivity index (χ4n) is 3.31. The van der Waals surface area contributed by atoms with E-state index < -0.39 is 11.5 Å². The van der Waals surface area contributed by atoms with Gasteiger partial charge in [-0.25, -0.2) is 0 Å². The SMILES string of the molecule is CCC1CCCC(C#N)(C(O)c2ccnn2CC)C1. The molecule has 0 spiro atoms. The van der Waals surface area contributed by atoms with Crippen molar-refractivity contribution in [1.29, 1.82) is 5.26 Å². The summed E-state index contributed by atoms with van der Waals surface area (Å²) in [5.41, 5.74) is 0.145. The number of aliphatic hydroxyl groups excluding tert-OH is 1. The molecule has 1 N–H and O–H groups in total. The van der Waals surface area contributed by atoms with Crippen LogP contribution in [0.1, 0.15) is 57.7 Å². The summed E-state index contributed by atoms with van der Waals surface area (Å²) >= 11 is 0. The van der Waals surface area contributed by atoms with E-state index in [0.29, 0.717) is 5.92 Å². The van der Waals surface area contributed by atoms with Crippen molar-refractivity contribution in [3.63, 3.8) is 0 Å². The van der Waals surface area contributed by atoms with Crippen LogP contribution in [0.15, 0.2) is 12.3 Å². The van der Waals surface area contributed by atoms with Crippen LogP contribution < -0.4 is 0 Å². The Hall–Kier alpha value is -1.34. The summed E-state index contributed by atoms with van der Waals surface area (Å²) in [4.78, 5) is 0. The van der Waals surface area contributed by atoms with Crippen molar-refractivity contribution in [3.8, 4) is 6.07 Å². The van der Waals surface area contributed by atoms with E-state index in [0.717, 1.165) is 37.9 Å². The third-order valence-corrected chi connectivity index (χ3v) is 4.54. The number of nitriles is 1. The second kappa shape index (κ2) is 5.75. The molecule has 3 unspecified atom stereocenters. The smallest absolute Gasteiger partial charge is 0.114 e. The molecule has 1 aliphatic carbocycles. The molecule has 0 saturated heterocycles. The molecular formula is C15H23N3O. The van der Waals surface area contributed by atoms with Gasteiger partial charge in [0, 0.05) is 12.7 Å². The zero-order valence-electron chi connectivity index (χ0n) is 11.8. The van der Waals surface area contributed by atoms with Gasteiger partial charge in [-0.3, -0.25) is 4.68 Å². The molecule has 1 aliphatic rings. The lowest BCUT2D eigenvalue weighted by molar-refractivity contribution is 0.0127. The molecular weight excluding hydrogens is 238 g/mol. The second-order valence-corrected chi connectivity index (χ2v) is 5.61. The number of aliphatic hydroxyl groups is 1. The first kappa shape index (κ1) is 14.1. The summed E-state index contributed by atoms with van der Waals surface area (Å²) in [5, 5.41) is 24.6. The molecule has 19 heavy (non-hydrogen) atoms. The molecule has 4 heteroatoms.